The van der Waals surface area contributed by atoms with Crippen LogP contribution in [0.5, 0.6) is 0 Å². The number of nitrogens with zero attached hydrogens (tertiary/aromatic N) is 8. The number of aryl methyl sites for hydroxylation is 6. The van der Waals surface area contributed by atoms with E-state index >= 15 is 0 Å². The summed E-state index contributed by atoms with van der Waals surface area (Å²) in [6.45, 7) is 17.7. The number of aromatic amines is 1. The number of halogens is 5. The van der Waals surface area contributed by atoms with Crippen LogP contribution < -0.4 is 27.7 Å². The quantitative estimate of drug-likeness (QED) is 0.0113. The van der Waals surface area contributed by atoms with Crippen LogP contribution in [0.15, 0.2) is 63.0 Å². The van der Waals surface area contributed by atoms with Gasteiger partial charge in [0.25, 0.3) is 17.6 Å². The molecular formula is C52H65ClF4N14O7. The predicted molar refractivity (Wildman–Crippen MR) is 286 cm³/mol. The molecule has 0 bridgehead atoms. The third-order valence-corrected chi connectivity index (χ3v) is 10.9. The number of ether oxygens (including phenoxy) is 1. The number of esters is 1. The van der Waals surface area contributed by atoms with Crippen LogP contribution in [0.1, 0.15) is 140 Å². The number of carbonyl (C=O) groups excluding carboxylic acids is 3. The van der Waals surface area contributed by atoms with Crippen LogP contribution in [0.25, 0.3) is 11.5 Å². The summed E-state index contributed by atoms with van der Waals surface area (Å²) in [5.74, 6) is 0.208. The van der Waals surface area contributed by atoms with Crippen molar-refractivity contribution in [2.45, 2.75) is 126 Å². The molecular weight excluding hydrogens is 1040 g/mol. The van der Waals surface area contributed by atoms with Crippen LogP contribution in [0, 0.1) is 70.3 Å². The average molecular weight is 1110 g/mol. The van der Waals surface area contributed by atoms with Crippen LogP contribution in [0.4, 0.5) is 29.2 Å². The lowest BCUT2D eigenvalue weighted by molar-refractivity contribution is -0.152. The number of aromatic nitrogens is 8. The molecule has 2 aromatic carbocycles. The minimum absolute atomic E-state index is 0. The summed E-state index contributed by atoms with van der Waals surface area (Å²) >= 11 is 0. The standard InChI is InChI=1S/C19H22FN5O2.C19H20FN5O.C6H7FN2O.C6H9FO3.C2H6N2.ClH/c1-10(23-18-16(20)11(2)22-12(3)24-18)13-4-8-15(9-5-13)19(26)27-25-17(21)14-6-7-14;1-10(22-18-16(20)11(2)21-12(3)23-18)13-4-8-15(9-5-13)19-24-17(25-26-19)14-6-7-14;1-3-5(7)6(10)9-4(2)8-3;1-3-10-6(9)5(7)4(2)8;1-2(3)4;/h4-5,8-10,14H,6-7H2,1-3H3,(H2,21,25)(H,22,23,24);4-5,8-10,14H,6-7H2,1-3H3,(H,21,22,23);1-2H3,(H,8,9,10);5H,3H2,1-2H3;1H3,(H3,3,4);1H/t2*10-;;;;/m00..../s1. The van der Waals surface area contributed by atoms with Crippen LogP contribution in [0.3, 0.4) is 0 Å². The Hall–Kier alpha value is -8.22. The summed E-state index contributed by atoms with van der Waals surface area (Å²) in [5, 5.41) is 20.1. The average Bonchev–Trinajstić information content (AvgIpc) is 4.35. The molecule has 2 fully saturated rings. The van der Waals surface area contributed by atoms with E-state index in [9.17, 15) is 36.7 Å². The largest absolute Gasteiger partial charge is 0.463 e. The SMILES string of the molecule is CC(=N)N.CCOC(=O)C(F)C(C)=O.Cc1nc(C)c(F)c(=O)[nH]1.Cc1nc(C)c(F)c(N[C@@H](C)c2ccc(-c3nc(C4CC4)no3)cc2)n1.Cc1nc(C)c(F)c(N[C@@H](C)c2ccc(C(=O)O/N=C(\N)C3CC3)cc2)n1.Cl. The molecule has 26 heteroatoms. The topological polar surface area (TPSA) is 318 Å². The molecule has 2 aliphatic carbocycles. The summed E-state index contributed by atoms with van der Waals surface area (Å²) in [6.07, 6.45) is 2.14. The lowest BCUT2D eigenvalue weighted by Crippen LogP contribution is -2.25. The van der Waals surface area contributed by atoms with E-state index in [2.05, 4.69) is 60.6 Å². The zero-order chi connectivity index (χ0) is 57.3. The molecule has 0 aliphatic heterocycles. The number of carbonyl (C=O) groups is 3. The number of H-pyrrole nitrogens is 1. The fourth-order valence-electron chi connectivity index (χ4n) is 6.54. The van der Waals surface area contributed by atoms with Crippen LogP contribution >= 0.6 is 12.4 Å². The molecule has 78 heavy (non-hydrogen) atoms. The highest BCUT2D eigenvalue weighted by Gasteiger charge is 2.29. The molecule has 0 saturated heterocycles. The van der Waals surface area contributed by atoms with E-state index in [-0.39, 0.29) is 60.2 Å². The highest BCUT2D eigenvalue weighted by Crippen LogP contribution is 2.39. The number of amidine groups is 2. The summed E-state index contributed by atoms with van der Waals surface area (Å²) in [5.41, 5.74) is 13.6. The lowest BCUT2D eigenvalue weighted by atomic mass is 10.1. The van der Waals surface area contributed by atoms with Gasteiger partial charge in [0.05, 0.1) is 47.2 Å². The highest BCUT2D eigenvalue weighted by atomic mass is 35.5. The first-order valence-corrected chi connectivity index (χ1v) is 24.3. The molecule has 4 heterocycles. The third kappa shape index (κ3) is 20.1. The maximum atomic E-state index is 14.2. The van der Waals surface area contributed by atoms with Gasteiger partial charge < -0.3 is 41.2 Å². The summed E-state index contributed by atoms with van der Waals surface area (Å²) < 4.78 is 62.7. The fourth-order valence-corrected chi connectivity index (χ4v) is 6.54. The Bertz CT molecular complexity index is 3100. The molecule has 0 spiro atoms. The van der Waals surface area contributed by atoms with Crippen molar-refractivity contribution in [1.82, 2.24) is 40.0 Å². The number of benzene rings is 2. The Morgan fingerprint density at radius 1 is 0.769 bits per heavy atom. The summed E-state index contributed by atoms with van der Waals surface area (Å²) in [7, 11) is 0. The van der Waals surface area contributed by atoms with Gasteiger partial charge in [0.2, 0.25) is 5.82 Å². The van der Waals surface area contributed by atoms with E-state index in [0.29, 0.717) is 52.1 Å². The molecule has 8 rings (SSSR count). The van der Waals surface area contributed by atoms with Gasteiger partial charge >= 0.3 is 11.9 Å². The van der Waals surface area contributed by atoms with Gasteiger partial charge in [-0.3, -0.25) is 15.0 Å². The maximum absolute atomic E-state index is 14.2. The Labute approximate surface area is 454 Å². The van der Waals surface area contributed by atoms with Crippen LogP contribution in [-0.4, -0.2) is 82.2 Å². The van der Waals surface area contributed by atoms with Gasteiger partial charge in [-0.15, -0.1) is 12.4 Å². The van der Waals surface area contributed by atoms with Crippen molar-refractivity contribution in [1.29, 1.82) is 5.41 Å². The van der Waals surface area contributed by atoms with Gasteiger partial charge in [0.15, 0.2) is 34.9 Å². The van der Waals surface area contributed by atoms with Crippen molar-refractivity contribution in [2.24, 2.45) is 22.5 Å². The normalized spacial score (nSPS) is 13.5. The van der Waals surface area contributed by atoms with Crippen LogP contribution in [-0.2, 0) is 19.2 Å². The molecule has 3 atom stereocenters. The number of anilines is 2. The van der Waals surface area contributed by atoms with E-state index < -0.39 is 46.9 Å². The van der Waals surface area contributed by atoms with E-state index in [1.807, 2.05) is 38.1 Å². The summed E-state index contributed by atoms with van der Waals surface area (Å²) in [6, 6.07) is 14.3. The van der Waals surface area contributed by atoms with E-state index in [1.54, 1.807) is 65.8 Å². The molecule has 2 aliphatic rings. The number of hydrogen-bond acceptors (Lipinski definition) is 18. The van der Waals surface area contributed by atoms with Crippen molar-refractivity contribution in [3.63, 3.8) is 0 Å². The number of hydrogen-bond donors (Lipinski definition) is 6. The second-order valence-electron chi connectivity index (χ2n) is 17.9. The Balaban J connectivity index is 0.000000289. The maximum Gasteiger partial charge on any atom is 0.365 e. The van der Waals surface area contributed by atoms with Gasteiger partial charge in [0.1, 0.15) is 23.3 Å². The van der Waals surface area contributed by atoms with E-state index in [1.165, 1.54) is 13.8 Å². The lowest BCUT2D eigenvalue weighted by Gasteiger charge is -2.16. The van der Waals surface area contributed by atoms with Crippen molar-refractivity contribution < 1.29 is 46.0 Å². The van der Waals surface area contributed by atoms with E-state index in [4.69, 9.17) is 26.2 Å². The van der Waals surface area contributed by atoms with Gasteiger partial charge in [-0.1, -0.05) is 34.6 Å². The van der Waals surface area contributed by atoms with Crippen molar-refractivity contribution >= 4 is 53.4 Å². The van der Waals surface area contributed by atoms with E-state index in [0.717, 1.165) is 55.1 Å². The van der Waals surface area contributed by atoms with Crippen molar-refractivity contribution in [3.05, 3.63) is 133 Å². The first-order chi connectivity index (χ1) is 36.3. The molecule has 6 aromatic rings. The fraction of sp³-hybridized carbons (Fsp3) is 0.404. The second-order valence-corrected chi connectivity index (χ2v) is 17.9. The molecule has 2 saturated carbocycles. The molecule has 420 valence electrons. The minimum Gasteiger partial charge on any atom is -0.463 e. The third-order valence-electron chi connectivity index (χ3n) is 10.9. The van der Waals surface area contributed by atoms with Crippen molar-refractivity contribution in [3.8, 4) is 11.5 Å². The number of oxime groups is 1. The van der Waals surface area contributed by atoms with Gasteiger partial charge in [-0.2, -0.15) is 9.37 Å². The Morgan fingerprint density at radius 3 is 1.68 bits per heavy atom. The zero-order valence-corrected chi connectivity index (χ0v) is 45.9. The zero-order valence-electron chi connectivity index (χ0n) is 45.1. The number of Topliss-reactive ketones (excluding diaryl/α,β-unsaturated/α-hetero) is 1. The molecule has 4 aromatic heterocycles. The number of nitrogens with one attached hydrogen (secondary N) is 4. The van der Waals surface area contributed by atoms with Gasteiger partial charge in [-0.05, 0) is 137 Å². The number of rotatable bonds is 14. The molecule has 0 amide bonds. The Kier molecular flexibility index (Phi) is 24.6. The first-order valence-electron chi connectivity index (χ1n) is 24.3. The number of ketones is 1. The highest BCUT2D eigenvalue weighted by molar-refractivity contribution is 6.00. The summed E-state index contributed by atoms with van der Waals surface area (Å²) in [4.78, 5) is 74.7. The molecule has 8 N–H and O–H groups in total. The van der Waals surface area contributed by atoms with Crippen molar-refractivity contribution in [2.75, 3.05) is 17.2 Å². The molecule has 0 radical (unpaired) electrons. The second kappa shape index (κ2) is 29.9. The Morgan fingerprint density at radius 2 is 1.24 bits per heavy atom. The monoisotopic (exact) mass is 1110 g/mol. The molecule has 1 unspecified atom stereocenters. The van der Waals surface area contributed by atoms with Gasteiger partial charge in [-0.25, -0.2) is 47.7 Å². The molecule has 21 nitrogen and oxygen atoms in total. The smallest absolute Gasteiger partial charge is 0.365 e. The van der Waals surface area contributed by atoms with Crippen LogP contribution in [0.2, 0.25) is 0 Å². The predicted octanol–water partition coefficient (Wildman–Crippen LogP) is 8.94. The number of nitrogens with two attached hydrogens (primary N) is 2. The number of alkyl halides is 1. The van der Waals surface area contributed by atoms with Gasteiger partial charge in [0, 0.05) is 17.4 Å². The minimum atomic E-state index is -2.11. The first kappa shape index (κ1) is 64.1.